The Hall–Kier alpha value is -1.44. The second-order valence-corrected chi connectivity index (χ2v) is 5.86. The molecule has 0 aliphatic carbocycles. The van der Waals surface area contributed by atoms with Crippen LogP contribution in [0.1, 0.15) is 6.42 Å². The van der Waals surface area contributed by atoms with Crippen LogP contribution in [0.2, 0.25) is 0 Å². The van der Waals surface area contributed by atoms with Crippen molar-refractivity contribution in [3.63, 3.8) is 0 Å². The van der Waals surface area contributed by atoms with E-state index in [1.165, 1.54) is 0 Å². The topological polar surface area (TPSA) is 70.7 Å². The highest BCUT2D eigenvalue weighted by Gasteiger charge is 2.12. The average molecular weight is 370 g/mol. The maximum absolute atomic E-state index is 11.8. The summed E-state index contributed by atoms with van der Waals surface area (Å²) in [5.41, 5.74) is 0.661. The van der Waals surface area contributed by atoms with E-state index in [0.29, 0.717) is 12.2 Å². The van der Waals surface area contributed by atoms with Crippen molar-refractivity contribution in [1.29, 1.82) is 0 Å². The van der Waals surface area contributed by atoms with E-state index in [-0.39, 0.29) is 18.2 Å². The maximum Gasteiger partial charge on any atom is 0.233 e. The Balaban J connectivity index is 1.65. The van der Waals surface area contributed by atoms with Gasteiger partial charge in [-0.3, -0.25) is 14.5 Å². The summed E-state index contributed by atoms with van der Waals surface area (Å²) in [5, 5.41) is 5.47. The van der Waals surface area contributed by atoms with Crippen LogP contribution in [0.25, 0.3) is 0 Å². The molecule has 1 aromatic carbocycles. The predicted molar refractivity (Wildman–Crippen MR) is 87.7 cm³/mol. The summed E-state index contributed by atoms with van der Waals surface area (Å²) < 4.78 is 6.05. The van der Waals surface area contributed by atoms with Crippen LogP contribution in [0, 0.1) is 0 Å². The molecule has 1 fully saturated rings. The first-order valence-corrected chi connectivity index (χ1v) is 8.05. The third-order valence-electron chi connectivity index (χ3n) is 3.32. The molecule has 2 N–H and O–H groups in total. The van der Waals surface area contributed by atoms with Crippen LogP contribution in [0.15, 0.2) is 28.7 Å². The quantitative estimate of drug-likeness (QED) is 0.739. The van der Waals surface area contributed by atoms with E-state index >= 15 is 0 Å². The molecule has 1 aromatic rings. The van der Waals surface area contributed by atoms with Crippen LogP contribution in [0.4, 0.5) is 5.69 Å². The van der Waals surface area contributed by atoms with Crippen LogP contribution in [0.3, 0.4) is 0 Å². The molecule has 7 heteroatoms. The normalized spacial score (nSPS) is 15.3. The second-order valence-electron chi connectivity index (χ2n) is 5.01. The number of amides is 2. The summed E-state index contributed by atoms with van der Waals surface area (Å²) in [6, 6.07) is 7.29. The van der Waals surface area contributed by atoms with Gasteiger partial charge in [-0.2, -0.15) is 0 Å². The van der Waals surface area contributed by atoms with Crippen LogP contribution in [-0.2, 0) is 14.3 Å². The Morgan fingerprint density at radius 2 is 1.91 bits per heavy atom. The van der Waals surface area contributed by atoms with Gasteiger partial charge < -0.3 is 15.4 Å². The number of para-hydroxylation sites is 1. The Labute approximate surface area is 138 Å². The van der Waals surface area contributed by atoms with Crippen LogP contribution >= 0.6 is 15.9 Å². The zero-order valence-electron chi connectivity index (χ0n) is 12.3. The fourth-order valence-corrected chi connectivity index (χ4v) is 2.53. The van der Waals surface area contributed by atoms with E-state index in [4.69, 9.17) is 4.74 Å². The number of hydrogen-bond donors (Lipinski definition) is 2. The molecule has 1 aliphatic rings. The molecule has 0 saturated carbocycles. The number of hydrogen-bond acceptors (Lipinski definition) is 4. The minimum Gasteiger partial charge on any atom is -0.379 e. The molecular weight excluding hydrogens is 350 g/mol. The molecule has 2 amide bonds. The molecule has 22 heavy (non-hydrogen) atoms. The minimum atomic E-state index is -0.323. The van der Waals surface area contributed by atoms with Crippen LogP contribution in [0.5, 0.6) is 0 Å². The summed E-state index contributed by atoms with van der Waals surface area (Å²) in [7, 11) is 0. The van der Waals surface area contributed by atoms with Gasteiger partial charge in [0, 0.05) is 30.7 Å². The van der Waals surface area contributed by atoms with Crippen LogP contribution < -0.4 is 10.6 Å². The number of benzene rings is 1. The zero-order valence-corrected chi connectivity index (χ0v) is 13.9. The Morgan fingerprint density at radius 1 is 1.18 bits per heavy atom. The second kappa shape index (κ2) is 8.87. The number of halogens is 1. The number of nitrogens with zero attached hydrogens (tertiary/aromatic N) is 1. The van der Waals surface area contributed by atoms with Crippen LogP contribution in [-0.4, -0.2) is 56.1 Å². The fraction of sp³-hybridized carbons (Fsp3) is 0.467. The summed E-state index contributed by atoms with van der Waals surface area (Å²) >= 11 is 3.35. The molecule has 0 aromatic heterocycles. The maximum atomic E-state index is 11.8. The molecule has 2 rings (SSSR count). The standard InChI is InChI=1S/C15H20BrN3O3/c16-12-3-1-2-4-13(12)18-15(21)11-14(20)17-5-6-19-7-9-22-10-8-19/h1-4H,5-11H2,(H,17,20)(H,18,21). The van der Waals surface area contributed by atoms with Crippen molar-refractivity contribution in [3.05, 3.63) is 28.7 Å². The molecule has 1 saturated heterocycles. The number of morpholine rings is 1. The lowest BCUT2D eigenvalue weighted by atomic mass is 10.3. The number of carbonyl (C=O) groups excluding carboxylic acids is 2. The molecule has 6 nitrogen and oxygen atoms in total. The number of carbonyl (C=O) groups is 2. The lowest BCUT2D eigenvalue weighted by Gasteiger charge is -2.26. The first-order valence-electron chi connectivity index (χ1n) is 7.26. The number of nitrogens with one attached hydrogen (secondary N) is 2. The summed E-state index contributed by atoms with van der Waals surface area (Å²) in [6.07, 6.45) is -0.176. The van der Waals surface area contributed by atoms with E-state index in [1.54, 1.807) is 6.07 Å². The SMILES string of the molecule is O=C(CC(=O)Nc1ccccc1Br)NCCN1CCOCC1. The van der Waals surface area contributed by atoms with E-state index in [2.05, 4.69) is 31.5 Å². The van der Waals surface area contributed by atoms with Crippen molar-refractivity contribution < 1.29 is 14.3 Å². The third kappa shape index (κ3) is 5.75. The summed E-state index contributed by atoms with van der Waals surface area (Å²) in [5.74, 6) is -0.589. The minimum absolute atomic E-state index is 0.176. The van der Waals surface area contributed by atoms with Gasteiger partial charge in [-0.15, -0.1) is 0 Å². The van der Waals surface area contributed by atoms with Crippen molar-refractivity contribution in [2.45, 2.75) is 6.42 Å². The molecule has 1 aliphatic heterocycles. The van der Waals surface area contributed by atoms with Crippen molar-refractivity contribution in [3.8, 4) is 0 Å². The van der Waals surface area contributed by atoms with Gasteiger partial charge in [0.2, 0.25) is 11.8 Å². The smallest absolute Gasteiger partial charge is 0.233 e. The molecular formula is C15H20BrN3O3. The fourth-order valence-electron chi connectivity index (χ4n) is 2.14. The van der Waals surface area contributed by atoms with Gasteiger partial charge in [0.15, 0.2) is 0 Å². The van der Waals surface area contributed by atoms with E-state index in [1.807, 2.05) is 18.2 Å². The molecule has 0 atom stereocenters. The van der Waals surface area contributed by atoms with Gasteiger partial charge >= 0.3 is 0 Å². The first-order chi connectivity index (χ1) is 10.6. The molecule has 0 bridgehead atoms. The van der Waals surface area contributed by atoms with Gasteiger partial charge in [-0.25, -0.2) is 0 Å². The molecule has 0 unspecified atom stereocenters. The van der Waals surface area contributed by atoms with E-state index < -0.39 is 0 Å². The number of ether oxygens (including phenoxy) is 1. The molecule has 0 radical (unpaired) electrons. The van der Waals surface area contributed by atoms with Gasteiger partial charge in [0.25, 0.3) is 0 Å². The van der Waals surface area contributed by atoms with Crippen molar-refractivity contribution in [2.24, 2.45) is 0 Å². The monoisotopic (exact) mass is 369 g/mol. The highest BCUT2D eigenvalue weighted by atomic mass is 79.9. The highest BCUT2D eigenvalue weighted by molar-refractivity contribution is 9.10. The highest BCUT2D eigenvalue weighted by Crippen LogP contribution is 2.21. The van der Waals surface area contributed by atoms with Gasteiger partial charge in [0.1, 0.15) is 6.42 Å². The Bertz CT molecular complexity index is 519. The average Bonchev–Trinajstić information content (AvgIpc) is 2.50. The van der Waals surface area contributed by atoms with Gasteiger partial charge in [0.05, 0.1) is 18.9 Å². The Morgan fingerprint density at radius 3 is 2.64 bits per heavy atom. The first kappa shape index (κ1) is 16.9. The van der Waals surface area contributed by atoms with Crippen molar-refractivity contribution in [2.75, 3.05) is 44.7 Å². The number of rotatable bonds is 6. The number of anilines is 1. The summed E-state index contributed by atoms with van der Waals surface area (Å²) in [6.45, 7) is 4.57. The lowest BCUT2D eigenvalue weighted by molar-refractivity contribution is -0.126. The van der Waals surface area contributed by atoms with Gasteiger partial charge in [-0.1, -0.05) is 12.1 Å². The molecule has 0 spiro atoms. The molecule has 1 heterocycles. The lowest BCUT2D eigenvalue weighted by Crippen LogP contribution is -2.41. The van der Waals surface area contributed by atoms with Gasteiger partial charge in [-0.05, 0) is 28.1 Å². The molecule has 120 valence electrons. The van der Waals surface area contributed by atoms with E-state index in [0.717, 1.165) is 37.3 Å². The van der Waals surface area contributed by atoms with Crippen molar-refractivity contribution in [1.82, 2.24) is 10.2 Å². The Kier molecular flexibility index (Phi) is 6.82. The largest absolute Gasteiger partial charge is 0.379 e. The summed E-state index contributed by atoms with van der Waals surface area (Å²) in [4.78, 5) is 25.8. The zero-order chi connectivity index (χ0) is 15.8. The van der Waals surface area contributed by atoms with Crippen molar-refractivity contribution >= 4 is 33.4 Å². The van der Waals surface area contributed by atoms with E-state index in [9.17, 15) is 9.59 Å². The third-order valence-corrected chi connectivity index (χ3v) is 4.01. The predicted octanol–water partition coefficient (Wildman–Crippen LogP) is 1.23.